The summed E-state index contributed by atoms with van der Waals surface area (Å²) in [5.41, 5.74) is 0. The van der Waals surface area contributed by atoms with Crippen LogP contribution in [-0.4, -0.2) is 25.6 Å². The van der Waals surface area contributed by atoms with Gasteiger partial charge in [-0.25, -0.2) is 0 Å². The standard InChI is InChI=1S/C9H13BrClNOS/c1-13-6-7(11)4-12-5-9-8(10)2-3-14-9/h2-3,7,12H,4-6H2,1H3. The molecule has 0 saturated heterocycles. The monoisotopic (exact) mass is 297 g/mol. The number of alkyl halides is 1. The Kier molecular flexibility index (Phi) is 6.05. The molecule has 0 amide bonds. The normalized spacial score (nSPS) is 13.1. The Bertz CT molecular complexity index is 269. The van der Waals surface area contributed by atoms with Crippen molar-refractivity contribution in [2.24, 2.45) is 0 Å². The van der Waals surface area contributed by atoms with Gasteiger partial charge in [0.25, 0.3) is 0 Å². The van der Waals surface area contributed by atoms with Crippen molar-refractivity contribution in [2.45, 2.75) is 11.9 Å². The van der Waals surface area contributed by atoms with Crippen LogP contribution >= 0.6 is 38.9 Å². The fourth-order valence-electron chi connectivity index (χ4n) is 1.03. The number of hydrogen-bond donors (Lipinski definition) is 1. The van der Waals surface area contributed by atoms with E-state index in [1.807, 2.05) is 0 Å². The van der Waals surface area contributed by atoms with Gasteiger partial charge in [0.15, 0.2) is 0 Å². The fourth-order valence-corrected chi connectivity index (χ4v) is 2.73. The van der Waals surface area contributed by atoms with Crippen molar-refractivity contribution in [3.63, 3.8) is 0 Å². The van der Waals surface area contributed by atoms with Gasteiger partial charge in [-0.15, -0.1) is 22.9 Å². The Balaban J connectivity index is 2.19. The number of halogens is 2. The Morgan fingerprint density at radius 1 is 1.71 bits per heavy atom. The second-order valence-corrected chi connectivity index (χ2v) is 5.35. The van der Waals surface area contributed by atoms with Crippen LogP contribution in [0.4, 0.5) is 0 Å². The molecule has 0 aliphatic heterocycles. The summed E-state index contributed by atoms with van der Waals surface area (Å²) in [4.78, 5) is 1.30. The number of thiophene rings is 1. The van der Waals surface area contributed by atoms with Gasteiger partial charge in [0.2, 0.25) is 0 Å². The molecular formula is C9H13BrClNOS. The fraction of sp³-hybridized carbons (Fsp3) is 0.556. The van der Waals surface area contributed by atoms with Crippen LogP contribution in [0.5, 0.6) is 0 Å². The second-order valence-electron chi connectivity index (χ2n) is 2.88. The quantitative estimate of drug-likeness (QED) is 0.816. The smallest absolute Gasteiger partial charge is 0.0694 e. The summed E-state index contributed by atoms with van der Waals surface area (Å²) in [6.45, 7) is 2.20. The minimum absolute atomic E-state index is 0.0405. The maximum Gasteiger partial charge on any atom is 0.0694 e. The van der Waals surface area contributed by atoms with E-state index in [2.05, 4.69) is 32.7 Å². The van der Waals surface area contributed by atoms with Crippen LogP contribution in [-0.2, 0) is 11.3 Å². The largest absolute Gasteiger partial charge is 0.383 e. The van der Waals surface area contributed by atoms with Crippen molar-refractivity contribution < 1.29 is 4.74 Å². The molecule has 1 heterocycles. The molecule has 0 saturated carbocycles. The van der Waals surface area contributed by atoms with E-state index in [0.717, 1.165) is 17.6 Å². The van der Waals surface area contributed by atoms with Crippen molar-refractivity contribution >= 4 is 38.9 Å². The van der Waals surface area contributed by atoms with Gasteiger partial charge in [-0.2, -0.15) is 0 Å². The summed E-state index contributed by atoms with van der Waals surface area (Å²) in [6.07, 6.45) is 0. The zero-order valence-electron chi connectivity index (χ0n) is 7.93. The molecule has 1 aromatic heterocycles. The first-order chi connectivity index (χ1) is 6.74. The van der Waals surface area contributed by atoms with Gasteiger partial charge in [0, 0.05) is 29.5 Å². The average Bonchev–Trinajstić information content (AvgIpc) is 2.52. The first-order valence-corrected chi connectivity index (χ1v) is 6.40. The van der Waals surface area contributed by atoms with E-state index in [1.165, 1.54) is 4.88 Å². The minimum Gasteiger partial charge on any atom is -0.383 e. The van der Waals surface area contributed by atoms with Crippen LogP contribution in [0.25, 0.3) is 0 Å². The number of rotatable bonds is 6. The summed E-state index contributed by atoms with van der Waals surface area (Å²) in [6, 6.07) is 2.05. The Morgan fingerprint density at radius 2 is 2.50 bits per heavy atom. The van der Waals surface area contributed by atoms with E-state index >= 15 is 0 Å². The van der Waals surface area contributed by atoms with Gasteiger partial charge in [0.1, 0.15) is 0 Å². The third-order valence-electron chi connectivity index (χ3n) is 1.69. The van der Waals surface area contributed by atoms with Crippen molar-refractivity contribution in [1.29, 1.82) is 0 Å². The van der Waals surface area contributed by atoms with E-state index in [4.69, 9.17) is 16.3 Å². The molecule has 5 heteroatoms. The molecule has 80 valence electrons. The number of methoxy groups -OCH3 is 1. The zero-order valence-corrected chi connectivity index (χ0v) is 11.1. The maximum atomic E-state index is 5.97. The van der Waals surface area contributed by atoms with Gasteiger partial charge >= 0.3 is 0 Å². The van der Waals surface area contributed by atoms with Crippen molar-refractivity contribution in [3.05, 3.63) is 20.8 Å². The first kappa shape index (κ1) is 12.5. The predicted octanol–water partition coefficient (Wildman–Crippen LogP) is 2.85. The molecule has 14 heavy (non-hydrogen) atoms. The Morgan fingerprint density at radius 3 is 3.07 bits per heavy atom. The lowest BCUT2D eigenvalue weighted by molar-refractivity contribution is 0.197. The molecule has 0 bridgehead atoms. The van der Waals surface area contributed by atoms with Gasteiger partial charge < -0.3 is 10.1 Å². The summed E-state index contributed by atoms with van der Waals surface area (Å²) in [7, 11) is 1.66. The molecule has 1 unspecified atom stereocenters. The second kappa shape index (κ2) is 6.80. The third kappa shape index (κ3) is 4.28. The molecule has 0 aromatic carbocycles. The van der Waals surface area contributed by atoms with E-state index in [-0.39, 0.29) is 5.38 Å². The highest BCUT2D eigenvalue weighted by atomic mass is 79.9. The molecule has 0 aliphatic carbocycles. The maximum absolute atomic E-state index is 5.97. The van der Waals surface area contributed by atoms with Gasteiger partial charge in [0.05, 0.1) is 12.0 Å². The summed E-state index contributed by atoms with van der Waals surface area (Å²) < 4.78 is 6.10. The molecule has 0 fully saturated rings. The van der Waals surface area contributed by atoms with E-state index in [1.54, 1.807) is 18.4 Å². The third-order valence-corrected chi connectivity index (χ3v) is 3.90. The van der Waals surface area contributed by atoms with Crippen molar-refractivity contribution in [1.82, 2.24) is 5.32 Å². The lowest BCUT2D eigenvalue weighted by Crippen LogP contribution is -2.25. The van der Waals surface area contributed by atoms with Crippen LogP contribution in [0.15, 0.2) is 15.9 Å². The van der Waals surface area contributed by atoms with Gasteiger partial charge in [-0.05, 0) is 27.4 Å². The van der Waals surface area contributed by atoms with Crippen molar-refractivity contribution in [3.8, 4) is 0 Å². The molecule has 1 N–H and O–H groups in total. The zero-order chi connectivity index (χ0) is 10.4. The van der Waals surface area contributed by atoms with E-state index in [9.17, 15) is 0 Å². The molecule has 2 nitrogen and oxygen atoms in total. The summed E-state index contributed by atoms with van der Waals surface area (Å²) in [5.74, 6) is 0. The van der Waals surface area contributed by atoms with Crippen LogP contribution in [0.1, 0.15) is 4.88 Å². The highest BCUT2D eigenvalue weighted by Gasteiger charge is 2.04. The van der Waals surface area contributed by atoms with Gasteiger partial charge in [-0.1, -0.05) is 0 Å². The SMILES string of the molecule is COCC(Cl)CNCc1sccc1Br. The van der Waals surface area contributed by atoms with Crippen LogP contribution in [0.2, 0.25) is 0 Å². The molecule has 0 spiro atoms. The molecule has 1 atom stereocenters. The van der Waals surface area contributed by atoms with Crippen LogP contribution in [0.3, 0.4) is 0 Å². The van der Waals surface area contributed by atoms with Crippen LogP contribution in [0, 0.1) is 0 Å². The minimum atomic E-state index is 0.0405. The molecule has 1 rings (SSSR count). The van der Waals surface area contributed by atoms with E-state index < -0.39 is 0 Å². The lowest BCUT2D eigenvalue weighted by atomic mass is 10.4. The van der Waals surface area contributed by atoms with Crippen LogP contribution < -0.4 is 5.32 Å². The Labute approximate surface area is 102 Å². The number of hydrogen-bond acceptors (Lipinski definition) is 3. The number of ether oxygens (including phenoxy) is 1. The number of nitrogens with one attached hydrogen (secondary N) is 1. The lowest BCUT2D eigenvalue weighted by Gasteiger charge is -2.08. The highest BCUT2D eigenvalue weighted by Crippen LogP contribution is 2.22. The average molecular weight is 299 g/mol. The molecule has 1 aromatic rings. The van der Waals surface area contributed by atoms with Crippen molar-refractivity contribution in [2.75, 3.05) is 20.3 Å². The van der Waals surface area contributed by atoms with Gasteiger partial charge in [-0.3, -0.25) is 0 Å². The predicted molar refractivity (Wildman–Crippen MR) is 65.2 cm³/mol. The molecular weight excluding hydrogens is 286 g/mol. The Hall–Kier alpha value is 0.390. The molecule has 0 radical (unpaired) electrons. The van der Waals surface area contributed by atoms with E-state index in [0.29, 0.717) is 6.61 Å². The summed E-state index contributed by atoms with van der Waals surface area (Å²) in [5, 5.41) is 5.39. The summed E-state index contributed by atoms with van der Waals surface area (Å²) >= 11 is 11.2. The molecule has 0 aliphatic rings. The highest BCUT2D eigenvalue weighted by molar-refractivity contribution is 9.10. The first-order valence-electron chi connectivity index (χ1n) is 4.29. The topological polar surface area (TPSA) is 21.3 Å².